The topological polar surface area (TPSA) is 133 Å². The minimum absolute atomic E-state index is 0.113. The number of hydrazine groups is 1. The van der Waals surface area contributed by atoms with Gasteiger partial charge in [0, 0.05) is 23.4 Å². The molecule has 32 heavy (non-hydrogen) atoms. The summed E-state index contributed by atoms with van der Waals surface area (Å²) < 4.78 is 11.5. The fourth-order valence-corrected chi connectivity index (χ4v) is 3.13. The zero-order chi connectivity index (χ0) is 22.9. The molecule has 10 heteroatoms. The number of ether oxygens (including phenoxy) is 2. The van der Waals surface area contributed by atoms with Crippen molar-refractivity contribution in [1.29, 1.82) is 0 Å². The smallest absolute Gasteiger partial charge is 0.225 e. The first-order chi connectivity index (χ1) is 15.5. The Kier molecular flexibility index (Phi) is 8.12. The number of aliphatic imine (C=N–C) groups is 1. The van der Waals surface area contributed by atoms with Crippen molar-refractivity contribution in [1.82, 2.24) is 15.4 Å². The van der Waals surface area contributed by atoms with Gasteiger partial charge in [0.1, 0.15) is 29.8 Å². The first-order valence-electron chi connectivity index (χ1n) is 9.95. The van der Waals surface area contributed by atoms with Crippen LogP contribution in [0.1, 0.15) is 19.4 Å². The number of hydrogen-bond donors (Lipinski definition) is 4. The molecule has 0 bridgehead atoms. The van der Waals surface area contributed by atoms with Crippen LogP contribution in [-0.2, 0) is 0 Å². The van der Waals surface area contributed by atoms with Crippen molar-refractivity contribution < 1.29 is 9.47 Å². The summed E-state index contributed by atoms with van der Waals surface area (Å²) in [5, 5.41) is 3.79. The predicted octanol–water partition coefficient (Wildman–Crippen LogP) is 3.64. The average molecular weight is 454 g/mol. The first-order valence-corrected chi connectivity index (χ1v) is 11.2. The molecule has 1 heterocycles. The van der Waals surface area contributed by atoms with Crippen LogP contribution < -0.4 is 31.8 Å². The Morgan fingerprint density at radius 1 is 1.09 bits per heavy atom. The van der Waals surface area contributed by atoms with Crippen LogP contribution in [0.25, 0.3) is 0 Å². The molecule has 168 valence electrons. The van der Waals surface area contributed by atoms with Gasteiger partial charge in [0.25, 0.3) is 0 Å². The molecule has 0 atom stereocenters. The number of nitrogens with zero attached hydrogens (tertiary/aromatic N) is 3. The van der Waals surface area contributed by atoms with Crippen LogP contribution in [0.5, 0.6) is 17.4 Å². The largest absolute Gasteiger partial charge is 0.491 e. The molecule has 0 aliphatic rings. The molecule has 3 aromatic rings. The van der Waals surface area contributed by atoms with Crippen LogP contribution >= 0.6 is 11.8 Å². The van der Waals surface area contributed by atoms with Crippen LogP contribution in [0.3, 0.4) is 0 Å². The number of nitrogen functional groups attached to an aromatic ring is 1. The lowest BCUT2D eigenvalue weighted by Crippen LogP contribution is -2.31. The normalized spacial score (nSPS) is 11.3. The van der Waals surface area contributed by atoms with Gasteiger partial charge in [0.2, 0.25) is 5.88 Å². The molecule has 3 rings (SSSR count). The molecule has 0 saturated carbocycles. The molecule has 0 unspecified atom stereocenters. The van der Waals surface area contributed by atoms with Crippen molar-refractivity contribution in [3.63, 3.8) is 0 Å². The van der Waals surface area contributed by atoms with E-state index in [1.165, 1.54) is 11.8 Å². The molecular weight excluding hydrogens is 426 g/mol. The predicted molar refractivity (Wildman–Crippen MR) is 129 cm³/mol. The Labute approximate surface area is 191 Å². The minimum atomic E-state index is 0.113. The maximum Gasteiger partial charge on any atom is 0.225 e. The fraction of sp³-hybridized carbons (Fsp3) is 0.227. The van der Waals surface area contributed by atoms with E-state index in [1.807, 2.05) is 56.5 Å². The molecular formula is C22H27N7O2S. The molecule has 0 amide bonds. The number of amidine groups is 1. The lowest BCUT2D eigenvalue weighted by atomic mass is 10.2. The van der Waals surface area contributed by atoms with Crippen molar-refractivity contribution >= 4 is 29.1 Å². The SMILES string of the molecule is CSc1nc(N)cc(Oc2ccc(C(=NCNc3cccc(OC(C)C)c3)NN)cc2)n1. The summed E-state index contributed by atoms with van der Waals surface area (Å²) in [4.78, 5) is 12.9. The number of thioether (sulfide) groups is 1. The zero-order valence-electron chi connectivity index (χ0n) is 18.2. The maximum absolute atomic E-state index is 5.79. The van der Waals surface area contributed by atoms with E-state index in [0.29, 0.717) is 35.1 Å². The van der Waals surface area contributed by atoms with E-state index in [1.54, 1.807) is 18.2 Å². The number of nitrogens with one attached hydrogen (secondary N) is 2. The number of rotatable bonds is 9. The van der Waals surface area contributed by atoms with Crippen molar-refractivity contribution in [2.75, 3.05) is 24.0 Å². The Hall–Kier alpha value is -3.50. The van der Waals surface area contributed by atoms with E-state index in [9.17, 15) is 0 Å². The van der Waals surface area contributed by atoms with Gasteiger partial charge in [-0.25, -0.2) is 15.8 Å². The van der Waals surface area contributed by atoms with Gasteiger partial charge in [-0.05, 0) is 56.5 Å². The Bertz CT molecular complexity index is 1060. The quantitative estimate of drug-likeness (QED) is 0.0957. The third-order valence-electron chi connectivity index (χ3n) is 4.10. The van der Waals surface area contributed by atoms with E-state index >= 15 is 0 Å². The highest BCUT2D eigenvalue weighted by atomic mass is 32.2. The highest BCUT2D eigenvalue weighted by Crippen LogP contribution is 2.23. The summed E-state index contributed by atoms with van der Waals surface area (Å²) in [7, 11) is 0. The summed E-state index contributed by atoms with van der Waals surface area (Å²) >= 11 is 1.39. The summed E-state index contributed by atoms with van der Waals surface area (Å²) in [5.41, 5.74) is 10.1. The van der Waals surface area contributed by atoms with Crippen LogP contribution in [0.15, 0.2) is 64.7 Å². The minimum Gasteiger partial charge on any atom is -0.491 e. The second kappa shape index (κ2) is 11.2. The number of anilines is 2. The second-order valence-corrected chi connectivity index (χ2v) is 7.70. The molecule has 1 aromatic heterocycles. The van der Waals surface area contributed by atoms with E-state index < -0.39 is 0 Å². The summed E-state index contributed by atoms with van der Waals surface area (Å²) in [6.45, 7) is 4.31. The van der Waals surface area contributed by atoms with Crippen LogP contribution in [0.2, 0.25) is 0 Å². The van der Waals surface area contributed by atoms with E-state index in [0.717, 1.165) is 17.0 Å². The first kappa shape index (κ1) is 23.2. The van der Waals surface area contributed by atoms with Crippen LogP contribution in [-0.4, -0.2) is 34.8 Å². The van der Waals surface area contributed by atoms with Gasteiger partial charge in [-0.3, -0.25) is 0 Å². The van der Waals surface area contributed by atoms with E-state index in [4.69, 9.17) is 21.1 Å². The molecule has 0 aliphatic heterocycles. The van der Waals surface area contributed by atoms with Gasteiger partial charge < -0.3 is 25.9 Å². The standard InChI is InChI=1S/C22H27N7O2S/c1-14(2)30-18-6-4-5-16(11-18)25-13-26-21(29-24)15-7-9-17(10-8-15)31-20-12-19(23)27-22(28-20)32-3/h4-12,14,25H,13,24H2,1-3H3,(H,26,29)(H2,23,27,28). The van der Waals surface area contributed by atoms with Crippen LogP contribution in [0, 0.1) is 0 Å². The second-order valence-electron chi connectivity index (χ2n) is 6.92. The van der Waals surface area contributed by atoms with Gasteiger partial charge in [-0.2, -0.15) is 4.98 Å². The molecule has 0 radical (unpaired) electrons. The third-order valence-corrected chi connectivity index (χ3v) is 4.65. The summed E-state index contributed by atoms with van der Waals surface area (Å²) in [5.74, 6) is 8.36. The third kappa shape index (κ3) is 6.76. The molecule has 0 spiro atoms. The van der Waals surface area contributed by atoms with Gasteiger partial charge >= 0.3 is 0 Å². The Morgan fingerprint density at radius 2 is 1.88 bits per heavy atom. The monoisotopic (exact) mass is 453 g/mol. The molecule has 0 saturated heterocycles. The van der Waals surface area contributed by atoms with Crippen LogP contribution in [0.4, 0.5) is 11.5 Å². The number of benzene rings is 2. The summed E-state index contributed by atoms with van der Waals surface area (Å²) in [6.07, 6.45) is 1.99. The van der Waals surface area contributed by atoms with Gasteiger partial charge in [-0.15, -0.1) is 0 Å². The van der Waals surface area contributed by atoms with Crippen molar-refractivity contribution in [2.45, 2.75) is 25.1 Å². The van der Waals surface area contributed by atoms with Gasteiger partial charge in [-0.1, -0.05) is 17.8 Å². The number of nitrogens with two attached hydrogens (primary N) is 2. The Balaban J connectivity index is 1.63. The average Bonchev–Trinajstić information content (AvgIpc) is 2.77. The zero-order valence-corrected chi connectivity index (χ0v) is 19.0. The summed E-state index contributed by atoms with van der Waals surface area (Å²) in [6, 6.07) is 16.6. The Morgan fingerprint density at radius 3 is 2.56 bits per heavy atom. The molecule has 0 fully saturated rings. The fourth-order valence-electron chi connectivity index (χ4n) is 2.75. The van der Waals surface area contributed by atoms with Crippen molar-refractivity contribution in [3.8, 4) is 17.4 Å². The molecule has 6 N–H and O–H groups in total. The number of hydrogen-bond acceptors (Lipinski definition) is 9. The van der Waals surface area contributed by atoms with Crippen molar-refractivity contribution in [3.05, 3.63) is 60.2 Å². The van der Waals surface area contributed by atoms with E-state index in [-0.39, 0.29) is 6.10 Å². The molecule has 9 nitrogen and oxygen atoms in total. The lowest BCUT2D eigenvalue weighted by molar-refractivity contribution is 0.242. The maximum atomic E-state index is 5.79. The van der Waals surface area contributed by atoms with E-state index in [2.05, 4.69) is 25.7 Å². The highest BCUT2D eigenvalue weighted by molar-refractivity contribution is 7.98. The highest BCUT2D eigenvalue weighted by Gasteiger charge is 2.07. The van der Waals surface area contributed by atoms with Gasteiger partial charge in [0.05, 0.1) is 6.10 Å². The molecule has 2 aromatic carbocycles. The number of aromatic nitrogens is 2. The molecule has 0 aliphatic carbocycles. The van der Waals surface area contributed by atoms with Gasteiger partial charge in [0.15, 0.2) is 5.16 Å². The van der Waals surface area contributed by atoms with Crippen molar-refractivity contribution in [2.24, 2.45) is 10.8 Å². The lowest BCUT2D eigenvalue weighted by Gasteiger charge is -2.12.